The predicted octanol–water partition coefficient (Wildman–Crippen LogP) is 3.12. The van der Waals surface area contributed by atoms with Crippen LogP contribution in [-0.4, -0.2) is 17.4 Å². The number of fused-ring (bicyclic) bond motifs is 2. The molecule has 0 saturated carbocycles. The number of nitrogens with one attached hydrogen (secondary N) is 1. The third kappa shape index (κ3) is 2.32. The molecule has 1 amide bonds. The smallest absolute Gasteiger partial charge is 0.274 e. The fourth-order valence-corrected chi connectivity index (χ4v) is 3.22. The normalized spacial score (nSPS) is 13.8. The number of H-pyrrole nitrogens is 1. The molecule has 1 aliphatic rings. The summed E-state index contributed by atoms with van der Waals surface area (Å²) >= 11 is 0. The van der Waals surface area contributed by atoms with Gasteiger partial charge in [0.15, 0.2) is 0 Å². The lowest BCUT2D eigenvalue weighted by atomic mass is 10.0. The lowest BCUT2D eigenvalue weighted by Gasteiger charge is -2.29. The maximum absolute atomic E-state index is 12.9. The van der Waals surface area contributed by atoms with E-state index < -0.39 is 0 Å². The largest absolute Gasteiger partial charge is 0.317 e. The third-order valence-corrected chi connectivity index (χ3v) is 4.34. The summed E-state index contributed by atoms with van der Waals surface area (Å²) in [5.41, 5.74) is 2.23. The van der Waals surface area contributed by atoms with Gasteiger partial charge in [0, 0.05) is 17.6 Å². The second-order valence-electron chi connectivity index (χ2n) is 5.79. The van der Waals surface area contributed by atoms with Gasteiger partial charge in [-0.1, -0.05) is 36.4 Å². The van der Waals surface area contributed by atoms with Crippen LogP contribution in [0.15, 0.2) is 59.4 Å². The molecule has 3 aromatic rings. The number of benzene rings is 2. The van der Waals surface area contributed by atoms with E-state index in [0.717, 1.165) is 23.9 Å². The molecular weight excluding hydrogens is 288 g/mol. The first-order valence-electron chi connectivity index (χ1n) is 7.76. The van der Waals surface area contributed by atoms with Crippen molar-refractivity contribution in [3.8, 4) is 0 Å². The Bertz CT molecular complexity index is 959. The summed E-state index contributed by atoms with van der Waals surface area (Å²) in [6, 6.07) is 17.0. The van der Waals surface area contributed by atoms with Crippen LogP contribution in [0.5, 0.6) is 0 Å². The summed E-state index contributed by atoms with van der Waals surface area (Å²) in [5, 5.41) is 1.38. The number of aromatic amines is 1. The molecule has 0 radical (unpaired) electrons. The van der Waals surface area contributed by atoms with Crippen molar-refractivity contribution in [3.05, 3.63) is 76.2 Å². The molecule has 0 unspecified atom stereocenters. The highest BCUT2D eigenvalue weighted by Gasteiger charge is 2.24. The van der Waals surface area contributed by atoms with Gasteiger partial charge in [0.1, 0.15) is 5.69 Å². The van der Waals surface area contributed by atoms with E-state index in [4.69, 9.17) is 0 Å². The summed E-state index contributed by atoms with van der Waals surface area (Å²) in [7, 11) is 0. The number of hydrogen-bond acceptors (Lipinski definition) is 2. The average Bonchev–Trinajstić information content (AvgIpc) is 2.60. The number of carbonyl (C=O) groups excluding carboxylic acids is 1. The number of aryl methyl sites for hydroxylation is 1. The first-order chi connectivity index (χ1) is 11.2. The average molecular weight is 304 g/mol. The van der Waals surface area contributed by atoms with Gasteiger partial charge >= 0.3 is 0 Å². The molecule has 0 aliphatic carbocycles. The monoisotopic (exact) mass is 304 g/mol. The fourth-order valence-electron chi connectivity index (χ4n) is 3.22. The van der Waals surface area contributed by atoms with Crippen molar-refractivity contribution >= 4 is 22.4 Å². The van der Waals surface area contributed by atoms with Gasteiger partial charge < -0.3 is 9.88 Å². The Kier molecular flexibility index (Phi) is 3.23. The zero-order valence-corrected chi connectivity index (χ0v) is 12.6. The summed E-state index contributed by atoms with van der Waals surface area (Å²) in [5.74, 6) is -0.153. The topological polar surface area (TPSA) is 53.2 Å². The van der Waals surface area contributed by atoms with Crippen LogP contribution in [0, 0.1) is 0 Å². The minimum Gasteiger partial charge on any atom is -0.317 e. The number of para-hydroxylation sites is 1. The van der Waals surface area contributed by atoms with Gasteiger partial charge in [-0.25, -0.2) is 0 Å². The number of pyridine rings is 1. The van der Waals surface area contributed by atoms with Gasteiger partial charge in [0.25, 0.3) is 11.5 Å². The SMILES string of the molecule is O=C(c1cc2ccccc2c(=O)[nH]1)N1CCCc2ccccc21. The molecule has 114 valence electrons. The van der Waals surface area contributed by atoms with Crippen LogP contribution in [0.1, 0.15) is 22.5 Å². The molecule has 1 N–H and O–H groups in total. The molecule has 0 saturated heterocycles. The Balaban J connectivity index is 1.80. The molecule has 1 aromatic heterocycles. The highest BCUT2D eigenvalue weighted by molar-refractivity contribution is 6.07. The van der Waals surface area contributed by atoms with E-state index in [1.807, 2.05) is 36.4 Å². The molecule has 2 aromatic carbocycles. The number of anilines is 1. The van der Waals surface area contributed by atoms with Crippen LogP contribution < -0.4 is 10.5 Å². The molecule has 0 spiro atoms. The number of carbonyl (C=O) groups is 1. The number of nitrogens with zero attached hydrogens (tertiary/aromatic N) is 1. The lowest BCUT2D eigenvalue weighted by Crippen LogP contribution is -2.36. The third-order valence-electron chi connectivity index (χ3n) is 4.34. The lowest BCUT2D eigenvalue weighted by molar-refractivity contribution is 0.0980. The number of amides is 1. The highest BCUT2D eigenvalue weighted by Crippen LogP contribution is 2.28. The Morgan fingerprint density at radius 1 is 1.04 bits per heavy atom. The standard InChI is InChI=1S/C19H16N2O2/c22-18-15-9-3-1-7-14(15)12-16(20-18)19(23)21-11-5-8-13-6-2-4-10-17(13)21/h1-4,6-7,9-10,12H,5,8,11H2,(H,20,22). The quantitative estimate of drug-likeness (QED) is 0.751. The molecular formula is C19H16N2O2. The van der Waals surface area contributed by atoms with Crippen molar-refractivity contribution in [3.63, 3.8) is 0 Å². The van der Waals surface area contributed by atoms with Gasteiger partial charge in [-0.15, -0.1) is 0 Å². The van der Waals surface area contributed by atoms with Gasteiger partial charge in [-0.05, 0) is 42.0 Å². The molecule has 0 fully saturated rings. The second-order valence-corrected chi connectivity index (χ2v) is 5.79. The van der Waals surface area contributed by atoms with Crippen LogP contribution in [-0.2, 0) is 6.42 Å². The summed E-state index contributed by atoms with van der Waals surface area (Å²) in [4.78, 5) is 29.6. The Morgan fingerprint density at radius 3 is 2.74 bits per heavy atom. The predicted molar refractivity (Wildman–Crippen MR) is 91.0 cm³/mol. The van der Waals surface area contributed by atoms with Crippen LogP contribution >= 0.6 is 0 Å². The van der Waals surface area contributed by atoms with Gasteiger partial charge in [-0.2, -0.15) is 0 Å². The van der Waals surface area contributed by atoms with E-state index in [9.17, 15) is 9.59 Å². The summed E-state index contributed by atoms with van der Waals surface area (Å²) in [6.45, 7) is 0.671. The Hall–Kier alpha value is -2.88. The van der Waals surface area contributed by atoms with Crippen LogP contribution in [0.3, 0.4) is 0 Å². The number of aromatic nitrogens is 1. The van der Waals surface area contributed by atoms with Gasteiger partial charge in [0.05, 0.1) is 0 Å². The van der Waals surface area contributed by atoms with Crippen LogP contribution in [0.2, 0.25) is 0 Å². The first-order valence-corrected chi connectivity index (χ1v) is 7.76. The van der Waals surface area contributed by atoms with E-state index in [1.54, 1.807) is 17.0 Å². The van der Waals surface area contributed by atoms with Crippen LogP contribution in [0.25, 0.3) is 10.8 Å². The van der Waals surface area contributed by atoms with Crippen molar-refractivity contribution in [2.45, 2.75) is 12.8 Å². The maximum Gasteiger partial charge on any atom is 0.274 e. The Labute approximate surface area is 133 Å². The van der Waals surface area contributed by atoms with E-state index in [0.29, 0.717) is 17.6 Å². The minimum absolute atomic E-state index is 0.153. The second kappa shape index (κ2) is 5.39. The number of rotatable bonds is 1. The molecule has 0 atom stereocenters. The summed E-state index contributed by atoms with van der Waals surface area (Å²) in [6.07, 6.45) is 1.91. The van der Waals surface area contributed by atoms with Gasteiger partial charge in [-0.3, -0.25) is 9.59 Å². The van der Waals surface area contributed by atoms with E-state index in [-0.39, 0.29) is 11.5 Å². The van der Waals surface area contributed by atoms with Crippen molar-refractivity contribution in [2.24, 2.45) is 0 Å². The minimum atomic E-state index is -0.225. The van der Waals surface area contributed by atoms with Crippen molar-refractivity contribution < 1.29 is 4.79 Å². The molecule has 1 aliphatic heterocycles. The maximum atomic E-state index is 12.9. The van der Waals surface area contributed by atoms with Gasteiger partial charge in [0.2, 0.25) is 0 Å². The first kappa shape index (κ1) is 13.8. The fraction of sp³-hybridized carbons (Fsp3) is 0.158. The zero-order chi connectivity index (χ0) is 15.8. The van der Waals surface area contributed by atoms with E-state index in [2.05, 4.69) is 11.1 Å². The molecule has 0 bridgehead atoms. The molecule has 23 heavy (non-hydrogen) atoms. The number of hydrogen-bond donors (Lipinski definition) is 1. The Morgan fingerprint density at radius 2 is 1.83 bits per heavy atom. The van der Waals surface area contributed by atoms with Crippen molar-refractivity contribution in [2.75, 3.05) is 11.4 Å². The van der Waals surface area contributed by atoms with Crippen LogP contribution in [0.4, 0.5) is 5.69 Å². The summed E-state index contributed by atoms with van der Waals surface area (Å²) < 4.78 is 0. The van der Waals surface area contributed by atoms with Crippen molar-refractivity contribution in [1.29, 1.82) is 0 Å². The molecule has 2 heterocycles. The molecule has 4 heteroatoms. The molecule has 4 rings (SSSR count). The zero-order valence-electron chi connectivity index (χ0n) is 12.6. The van der Waals surface area contributed by atoms with E-state index >= 15 is 0 Å². The van der Waals surface area contributed by atoms with Crippen molar-refractivity contribution in [1.82, 2.24) is 4.98 Å². The van der Waals surface area contributed by atoms with E-state index in [1.165, 1.54) is 5.56 Å². The molecule has 4 nitrogen and oxygen atoms in total. The highest BCUT2D eigenvalue weighted by atomic mass is 16.2.